The van der Waals surface area contributed by atoms with Crippen molar-refractivity contribution in [2.45, 2.75) is 64.5 Å². The number of fused-ring (bicyclic) bond motifs is 1. The van der Waals surface area contributed by atoms with E-state index in [-0.39, 0.29) is 6.09 Å². The number of carbonyl (C=O) groups excluding carboxylic acids is 1. The van der Waals surface area contributed by atoms with Crippen LogP contribution in [-0.2, 0) is 4.74 Å². The summed E-state index contributed by atoms with van der Waals surface area (Å²) in [6.07, 6.45) is 5.79. The van der Waals surface area contributed by atoms with Crippen molar-refractivity contribution in [2.24, 2.45) is 5.92 Å². The summed E-state index contributed by atoms with van der Waals surface area (Å²) in [5, 5.41) is 0. The average Bonchev–Trinajstić information content (AvgIpc) is 2.25. The van der Waals surface area contributed by atoms with Gasteiger partial charge in [0.2, 0.25) is 0 Å². The van der Waals surface area contributed by atoms with Crippen LogP contribution in [-0.4, -0.2) is 29.2 Å². The molecule has 0 N–H and O–H groups in total. The minimum atomic E-state index is -0.417. The van der Waals surface area contributed by atoms with E-state index in [1.807, 2.05) is 25.7 Å². The Morgan fingerprint density at radius 3 is 2.67 bits per heavy atom. The molecule has 2 rings (SSSR count). The van der Waals surface area contributed by atoms with Crippen LogP contribution < -0.4 is 0 Å². The van der Waals surface area contributed by atoms with Gasteiger partial charge in [-0.1, -0.05) is 25.0 Å². The number of carbonyl (C=O) groups is 1. The first kappa shape index (κ1) is 13.4. The van der Waals surface area contributed by atoms with Gasteiger partial charge in [0, 0.05) is 12.6 Å². The largest absolute Gasteiger partial charge is 0.444 e. The molecule has 0 aromatic heterocycles. The lowest BCUT2D eigenvalue weighted by molar-refractivity contribution is 0.000419. The Morgan fingerprint density at radius 2 is 2.00 bits per heavy atom. The van der Waals surface area contributed by atoms with Crippen molar-refractivity contribution < 1.29 is 9.53 Å². The van der Waals surface area contributed by atoms with Crippen LogP contribution in [0.4, 0.5) is 4.79 Å². The summed E-state index contributed by atoms with van der Waals surface area (Å²) in [5.74, 6) is 0.604. The van der Waals surface area contributed by atoms with Gasteiger partial charge in [-0.3, -0.25) is 0 Å². The molecule has 0 bridgehead atoms. The second-order valence-electron chi connectivity index (χ2n) is 6.67. The van der Waals surface area contributed by atoms with Crippen LogP contribution in [0.3, 0.4) is 0 Å². The van der Waals surface area contributed by atoms with Gasteiger partial charge in [-0.05, 0) is 46.0 Å². The number of likely N-dealkylation sites (tertiary alicyclic amines) is 1. The number of piperidine rings is 1. The third-order valence-corrected chi connectivity index (χ3v) is 3.84. The summed E-state index contributed by atoms with van der Waals surface area (Å²) >= 11 is 0. The first-order valence-corrected chi connectivity index (χ1v) is 7.03. The lowest BCUT2D eigenvalue weighted by atomic mass is 9.77. The van der Waals surface area contributed by atoms with E-state index < -0.39 is 5.60 Å². The zero-order valence-corrected chi connectivity index (χ0v) is 11.9. The summed E-state index contributed by atoms with van der Waals surface area (Å²) in [5.41, 5.74) is 0.754. The molecule has 0 unspecified atom stereocenters. The minimum absolute atomic E-state index is 0.166. The Kier molecular flexibility index (Phi) is 3.69. The van der Waals surface area contributed by atoms with Crippen molar-refractivity contribution in [1.82, 2.24) is 4.90 Å². The minimum Gasteiger partial charge on any atom is -0.444 e. The predicted molar refractivity (Wildman–Crippen MR) is 72.4 cm³/mol. The van der Waals surface area contributed by atoms with Crippen LogP contribution in [0.2, 0.25) is 0 Å². The van der Waals surface area contributed by atoms with E-state index in [1.165, 1.54) is 24.8 Å². The highest BCUT2D eigenvalue weighted by Gasteiger charge is 2.38. The molecule has 2 fully saturated rings. The molecule has 3 heteroatoms. The standard InChI is InChI=1S/C15H25NO2/c1-11-9-12-7-5-6-8-13(12)16(10-11)14(17)18-15(2,3)4/h12-13H,1,5-10H2,2-4H3/t12-,13-/m1/s1. The fraction of sp³-hybridized carbons (Fsp3) is 0.800. The first-order chi connectivity index (χ1) is 8.37. The molecule has 102 valence electrons. The molecule has 1 aliphatic carbocycles. The third kappa shape index (κ3) is 3.06. The van der Waals surface area contributed by atoms with Crippen LogP contribution >= 0.6 is 0 Å². The van der Waals surface area contributed by atoms with Crippen molar-refractivity contribution in [3.05, 3.63) is 12.2 Å². The van der Waals surface area contributed by atoms with Crippen LogP contribution in [0.15, 0.2) is 12.2 Å². The van der Waals surface area contributed by atoms with Crippen molar-refractivity contribution in [3.8, 4) is 0 Å². The maximum absolute atomic E-state index is 12.3. The molecule has 3 nitrogen and oxygen atoms in total. The van der Waals surface area contributed by atoms with Crippen LogP contribution in [0, 0.1) is 5.92 Å². The molecule has 18 heavy (non-hydrogen) atoms. The molecule has 1 saturated heterocycles. The van der Waals surface area contributed by atoms with Gasteiger partial charge in [-0.2, -0.15) is 0 Å². The summed E-state index contributed by atoms with van der Waals surface area (Å²) in [7, 11) is 0. The Labute approximate surface area is 110 Å². The van der Waals surface area contributed by atoms with Gasteiger partial charge in [-0.25, -0.2) is 4.79 Å². The highest BCUT2D eigenvalue weighted by molar-refractivity contribution is 5.69. The summed E-state index contributed by atoms with van der Waals surface area (Å²) in [6, 6.07) is 0.374. The van der Waals surface area contributed by atoms with E-state index in [4.69, 9.17) is 4.74 Å². The Balaban J connectivity index is 2.09. The van der Waals surface area contributed by atoms with Crippen molar-refractivity contribution in [1.29, 1.82) is 0 Å². The molecule has 1 amide bonds. The topological polar surface area (TPSA) is 29.5 Å². The third-order valence-electron chi connectivity index (χ3n) is 3.84. The fourth-order valence-electron chi connectivity index (χ4n) is 3.15. The van der Waals surface area contributed by atoms with Gasteiger partial charge in [-0.15, -0.1) is 0 Å². The summed E-state index contributed by atoms with van der Waals surface area (Å²) in [6.45, 7) is 10.5. The number of rotatable bonds is 0. The molecule has 1 aliphatic heterocycles. The van der Waals surface area contributed by atoms with E-state index in [9.17, 15) is 4.79 Å². The Hall–Kier alpha value is -0.990. The number of ether oxygens (including phenoxy) is 1. The van der Waals surface area contributed by atoms with Crippen LogP contribution in [0.5, 0.6) is 0 Å². The van der Waals surface area contributed by atoms with Gasteiger partial charge < -0.3 is 9.64 Å². The molecule has 1 saturated carbocycles. The molecule has 0 radical (unpaired) electrons. The number of amides is 1. The summed E-state index contributed by atoms with van der Waals surface area (Å²) < 4.78 is 5.52. The lowest BCUT2D eigenvalue weighted by Gasteiger charge is -2.44. The predicted octanol–water partition coefficient (Wildman–Crippen LogP) is 3.74. The molecule has 2 aliphatic rings. The molecule has 2 atom stereocenters. The highest BCUT2D eigenvalue weighted by Crippen LogP contribution is 2.37. The SMILES string of the molecule is C=C1C[C@H]2CCCC[C@H]2N(C(=O)OC(C)(C)C)C1. The van der Waals surface area contributed by atoms with Crippen LogP contribution in [0.1, 0.15) is 52.9 Å². The zero-order valence-electron chi connectivity index (χ0n) is 11.9. The van der Waals surface area contributed by atoms with Gasteiger partial charge in [0.25, 0.3) is 0 Å². The van der Waals surface area contributed by atoms with Crippen molar-refractivity contribution >= 4 is 6.09 Å². The molecular weight excluding hydrogens is 226 g/mol. The lowest BCUT2D eigenvalue weighted by Crippen LogP contribution is -2.51. The number of nitrogens with zero attached hydrogens (tertiary/aromatic N) is 1. The summed E-state index contributed by atoms with van der Waals surface area (Å²) in [4.78, 5) is 14.2. The number of hydrogen-bond donors (Lipinski definition) is 0. The molecule has 0 aromatic carbocycles. The van der Waals surface area contributed by atoms with E-state index in [1.54, 1.807) is 0 Å². The zero-order chi connectivity index (χ0) is 13.3. The van der Waals surface area contributed by atoms with Gasteiger partial charge >= 0.3 is 6.09 Å². The van der Waals surface area contributed by atoms with Crippen LogP contribution in [0.25, 0.3) is 0 Å². The highest BCUT2D eigenvalue weighted by atomic mass is 16.6. The second kappa shape index (κ2) is 4.94. The number of hydrogen-bond acceptors (Lipinski definition) is 2. The van der Waals surface area contributed by atoms with E-state index in [0.29, 0.717) is 18.5 Å². The Bertz CT molecular complexity index is 343. The average molecular weight is 251 g/mol. The molecular formula is C15H25NO2. The smallest absolute Gasteiger partial charge is 0.410 e. The maximum atomic E-state index is 12.3. The maximum Gasteiger partial charge on any atom is 0.410 e. The molecule has 0 aromatic rings. The second-order valence-corrected chi connectivity index (χ2v) is 6.67. The molecule has 1 heterocycles. The molecule has 0 spiro atoms. The normalized spacial score (nSPS) is 28.8. The van der Waals surface area contributed by atoms with Gasteiger partial charge in [0.1, 0.15) is 5.60 Å². The van der Waals surface area contributed by atoms with Gasteiger partial charge in [0.05, 0.1) is 0 Å². The van der Waals surface area contributed by atoms with Crippen molar-refractivity contribution in [2.75, 3.05) is 6.54 Å². The Morgan fingerprint density at radius 1 is 1.33 bits per heavy atom. The first-order valence-electron chi connectivity index (χ1n) is 7.03. The monoisotopic (exact) mass is 251 g/mol. The van der Waals surface area contributed by atoms with E-state index in [0.717, 1.165) is 12.8 Å². The van der Waals surface area contributed by atoms with E-state index in [2.05, 4.69) is 6.58 Å². The van der Waals surface area contributed by atoms with Crippen molar-refractivity contribution in [3.63, 3.8) is 0 Å². The van der Waals surface area contributed by atoms with Gasteiger partial charge in [0.15, 0.2) is 0 Å². The quantitative estimate of drug-likeness (QED) is 0.614. The van der Waals surface area contributed by atoms with E-state index >= 15 is 0 Å². The fourth-order valence-corrected chi connectivity index (χ4v) is 3.15.